The Morgan fingerprint density at radius 2 is 1.94 bits per heavy atom. The highest BCUT2D eigenvalue weighted by Gasteiger charge is 2.38. The molecule has 3 heteroatoms. The molecule has 2 fully saturated rings. The van der Waals surface area contributed by atoms with Gasteiger partial charge in [-0.15, -0.1) is 0 Å². The van der Waals surface area contributed by atoms with Crippen molar-refractivity contribution in [2.24, 2.45) is 0 Å². The molecular formula is C14H19FN2. The van der Waals surface area contributed by atoms with Crippen LogP contribution >= 0.6 is 0 Å². The van der Waals surface area contributed by atoms with Gasteiger partial charge in [0.25, 0.3) is 0 Å². The molecular weight excluding hydrogens is 215 g/mol. The van der Waals surface area contributed by atoms with Gasteiger partial charge >= 0.3 is 0 Å². The molecule has 2 unspecified atom stereocenters. The van der Waals surface area contributed by atoms with Crippen molar-refractivity contribution >= 4 is 5.69 Å². The van der Waals surface area contributed by atoms with Crippen molar-refractivity contribution in [2.75, 3.05) is 11.9 Å². The van der Waals surface area contributed by atoms with E-state index in [1.165, 1.54) is 31.4 Å². The average Bonchev–Trinajstić information content (AvgIpc) is 3.08. The third-order valence-electron chi connectivity index (χ3n) is 3.85. The third kappa shape index (κ3) is 2.44. The van der Waals surface area contributed by atoms with Gasteiger partial charge in [-0.05, 0) is 50.5 Å². The summed E-state index contributed by atoms with van der Waals surface area (Å²) in [6.45, 7) is 3.44. The molecule has 2 nitrogen and oxygen atoms in total. The normalized spacial score (nSPS) is 29.5. The van der Waals surface area contributed by atoms with Gasteiger partial charge in [-0.25, -0.2) is 4.39 Å². The van der Waals surface area contributed by atoms with Crippen LogP contribution in [0.15, 0.2) is 24.3 Å². The number of likely N-dealkylation sites (tertiary alicyclic amines) is 1. The molecule has 92 valence electrons. The third-order valence-corrected chi connectivity index (χ3v) is 3.85. The van der Waals surface area contributed by atoms with Gasteiger partial charge in [0.1, 0.15) is 5.82 Å². The molecule has 1 aromatic carbocycles. The van der Waals surface area contributed by atoms with Crippen LogP contribution < -0.4 is 5.32 Å². The van der Waals surface area contributed by atoms with E-state index in [0.717, 1.165) is 18.3 Å². The first-order valence-corrected chi connectivity index (χ1v) is 6.50. The lowest BCUT2D eigenvalue weighted by atomic mass is 10.2. The quantitative estimate of drug-likeness (QED) is 0.865. The van der Waals surface area contributed by atoms with E-state index in [2.05, 4.69) is 17.1 Å². The van der Waals surface area contributed by atoms with Crippen LogP contribution in [0.3, 0.4) is 0 Å². The first kappa shape index (κ1) is 11.0. The summed E-state index contributed by atoms with van der Waals surface area (Å²) in [7, 11) is 0. The van der Waals surface area contributed by atoms with Gasteiger partial charge in [-0.1, -0.05) is 0 Å². The van der Waals surface area contributed by atoms with Gasteiger partial charge < -0.3 is 5.32 Å². The maximum absolute atomic E-state index is 12.8. The Hall–Kier alpha value is -1.09. The molecule has 1 aliphatic carbocycles. The Morgan fingerprint density at radius 1 is 1.24 bits per heavy atom. The summed E-state index contributed by atoms with van der Waals surface area (Å²) in [5.41, 5.74) is 1.03. The minimum atomic E-state index is -0.171. The van der Waals surface area contributed by atoms with Crippen molar-refractivity contribution in [1.29, 1.82) is 0 Å². The fourth-order valence-electron chi connectivity index (χ4n) is 2.86. The van der Waals surface area contributed by atoms with Gasteiger partial charge in [0.2, 0.25) is 0 Å². The largest absolute Gasteiger partial charge is 0.381 e. The van der Waals surface area contributed by atoms with Crippen LogP contribution in [-0.2, 0) is 0 Å². The predicted molar refractivity (Wildman–Crippen MR) is 67.6 cm³/mol. The fraction of sp³-hybridized carbons (Fsp3) is 0.571. The van der Waals surface area contributed by atoms with E-state index in [1.54, 1.807) is 0 Å². The van der Waals surface area contributed by atoms with E-state index in [9.17, 15) is 4.39 Å². The van der Waals surface area contributed by atoms with E-state index in [-0.39, 0.29) is 5.82 Å². The molecule has 1 heterocycles. The number of nitrogens with one attached hydrogen (secondary N) is 1. The Bertz CT molecular complexity index is 386. The second kappa shape index (κ2) is 4.30. The van der Waals surface area contributed by atoms with E-state index in [1.807, 2.05) is 12.1 Å². The molecule has 2 atom stereocenters. The van der Waals surface area contributed by atoms with Crippen LogP contribution in [0.25, 0.3) is 0 Å². The number of halogens is 1. The van der Waals surface area contributed by atoms with Crippen LogP contribution in [0.1, 0.15) is 26.2 Å². The number of benzene rings is 1. The monoisotopic (exact) mass is 234 g/mol. The lowest BCUT2D eigenvalue weighted by Gasteiger charge is -2.19. The molecule has 0 aromatic heterocycles. The van der Waals surface area contributed by atoms with Gasteiger partial charge in [0.05, 0.1) is 0 Å². The molecule has 17 heavy (non-hydrogen) atoms. The smallest absolute Gasteiger partial charge is 0.123 e. The summed E-state index contributed by atoms with van der Waals surface area (Å²) in [5.74, 6) is -0.171. The van der Waals surface area contributed by atoms with Crippen LogP contribution in [0.5, 0.6) is 0 Å². The Kier molecular flexibility index (Phi) is 2.79. The number of anilines is 1. The van der Waals surface area contributed by atoms with Crippen molar-refractivity contribution in [3.05, 3.63) is 30.1 Å². The minimum absolute atomic E-state index is 0.171. The van der Waals surface area contributed by atoms with Crippen LogP contribution in [0, 0.1) is 5.82 Å². The molecule has 3 rings (SSSR count). The maximum Gasteiger partial charge on any atom is 0.123 e. The lowest BCUT2D eigenvalue weighted by molar-refractivity contribution is 0.257. The van der Waals surface area contributed by atoms with E-state index in [0.29, 0.717) is 12.1 Å². The molecule has 0 radical (unpaired) electrons. The Morgan fingerprint density at radius 3 is 2.59 bits per heavy atom. The molecule has 1 aliphatic heterocycles. The minimum Gasteiger partial charge on any atom is -0.381 e. The Balaban J connectivity index is 1.61. The summed E-state index contributed by atoms with van der Waals surface area (Å²) in [6, 6.07) is 8.69. The molecule has 0 spiro atoms. The van der Waals surface area contributed by atoms with E-state index < -0.39 is 0 Å². The molecule has 2 aliphatic rings. The van der Waals surface area contributed by atoms with Crippen LogP contribution in [0.2, 0.25) is 0 Å². The highest BCUT2D eigenvalue weighted by molar-refractivity contribution is 5.44. The van der Waals surface area contributed by atoms with Gasteiger partial charge in [0, 0.05) is 30.4 Å². The Labute approximate surface area is 102 Å². The maximum atomic E-state index is 12.8. The van der Waals surface area contributed by atoms with E-state index in [4.69, 9.17) is 0 Å². The van der Waals surface area contributed by atoms with Gasteiger partial charge in [-0.3, -0.25) is 4.90 Å². The van der Waals surface area contributed by atoms with Crippen molar-refractivity contribution in [1.82, 2.24) is 4.90 Å². The first-order chi connectivity index (χ1) is 8.22. The second-order valence-electron chi connectivity index (χ2n) is 5.36. The number of rotatable bonds is 3. The lowest BCUT2D eigenvalue weighted by Crippen LogP contribution is -2.30. The molecule has 1 N–H and O–H groups in total. The first-order valence-electron chi connectivity index (χ1n) is 6.50. The number of nitrogens with zero attached hydrogens (tertiary/aromatic N) is 1. The topological polar surface area (TPSA) is 15.3 Å². The van der Waals surface area contributed by atoms with Crippen LogP contribution in [0.4, 0.5) is 10.1 Å². The van der Waals surface area contributed by atoms with Crippen LogP contribution in [-0.4, -0.2) is 29.6 Å². The number of hydrogen-bond donors (Lipinski definition) is 1. The summed E-state index contributed by atoms with van der Waals surface area (Å²) in [6.07, 6.45) is 3.93. The standard InChI is InChI=1S/C14H19FN2/c1-10-8-13(9-17(10)14-6-7-14)16-12-4-2-11(15)3-5-12/h2-5,10,13-14,16H,6-9H2,1H3. The van der Waals surface area contributed by atoms with Crippen molar-refractivity contribution in [2.45, 2.75) is 44.3 Å². The van der Waals surface area contributed by atoms with E-state index >= 15 is 0 Å². The molecule has 1 saturated heterocycles. The summed E-state index contributed by atoms with van der Waals surface area (Å²) >= 11 is 0. The predicted octanol–water partition coefficient (Wildman–Crippen LogP) is 2.86. The molecule has 1 saturated carbocycles. The zero-order valence-corrected chi connectivity index (χ0v) is 10.2. The molecule has 1 aromatic rings. The fourth-order valence-corrected chi connectivity index (χ4v) is 2.86. The highest BCUT2D eigenvalue weighted by atomic mass is 19.1. The van der Waals surface area contributed by atoms with Gasteiger partial charge in [0.15, 0.2) is 0 Å². The zero-order chi connectivity index (χ0) is 11.8. The molecule has 0 amide bonds. The summed E-state index contributed by atoms with van der Waals surface area (Å²) in [4.78, 5) is 2.61. The van der Waals surface area contributed by atoms with Crippen molar-refractivity contribution in [3.63, 3.8) is 0 Å². The van der Waals surface area contributed by atoms with Crippen molar-refractivity contribution in [3.8, 4) is 0 Å². The molecule has 0 bridgehead atoms. The summed E-state index contributed by atoms with van der Waals surface area (Å²) < 4.78 is 12.8. The van der Waals surface area contributed by atoms with Crippen molar-refractivity contribution < 1.29 is 4.39 Å². The summed E-state index contributed by atoms with van der Waals surface area (Å²) in [5, 5.41) is 3.50. The average molecular weight is 234 g/mol. The highest BCUT2D eigenvalue weighted by Crippen LogP contribution is 2.34. The number of hydrogen-bond acceptors (Lipinski definition) is 2. The zero-order valence-electron chi connectivity index (χ0n) is 10.2. The second-order valence-corrected chi connectivity index (χ2v) is 5.36. The SMILES string of the molecule is CC1CC(Nc2ccc(F)cc2)CN1C1CC1. The van der Waals surface area contributed by atoms with Gasteiger partial charge in [-0.2, -0.15) is 0 Å².